The van der Waals surface area contributed by atoms with E-state index in [1.54, 1.807) is 24.5 Å². The second kappa shape index (κ2) is 8.85. The van der Waals surface area contributed by atoms with Crippen molar-refractivity contribution in [2.75, 3.05) is 13.2 Å². The van der Waals surface area contributed by atoms with Crippen LogP contribution in [-0.4, -0.2) is 24.2 Å². The van der Waals surface area contributed by atoms with Crippen LogP contribution >= 0.6 is 0 Å². The molecule has 1 amide bonds. The van der Waals surface area contributed by atoms with Crippen LogP contribution in [0.5, 0.6) is 0 Å². The van der Waals surface area contributed by atoms with Crippen LogP contribution in [0.25, 0.3) is 6.08 Å². The summed E-state index contributed by atoms with van der Waals surface area (Å²) in [5.41, 5.74) is 1.19. The average molecular weight is 299 g/mol. The van der Waals surface area contributed by atoms with E-state index in [0.717, 1.165) is 6.42 Å². The highest BCUT2D eigenvalue weighted by molar-refractivity contribution is 5.91. The molecule has 0 fully saturated rings. The molecule has 1 atom stereocenters. The first kappa shape index (κ1) is 16.0. The maximum atomic E-state index is 11.7. The van der Waals surface area contributed by atoms with Gasteiger partial charge in [-0.15, -0.1) is 0 Å². The minimum Gasteiger partial charge on any atom is -0.465 e. The Labute approximate surface area is 130 Å². The highest BCUT2D eigenvalue weighted by Crippen LogP contribution is 2.22. The Bertz CT molecular complexity index is 576. The molecule has 0 aliphatic carbocycles. The number of aliphatic hydroxyl groups excluding tert-OH is 1. The molecule has 116 valence electrons. The van der Waals surface area contributed by atoms with Crippen molar-refractivity contribution in [2.24, 2.45) is 0 Å². The van der Waals surface area contributed by atoms with Gasteiger partial charge in [-0.05, 0) is 42.5 Å². The normalized spacial score (nSPS) is 12.4. The van der Waals surface area contributed by atoms with Gasteiger partial charge in [0.1, 0.15) is 5.76 Å². The molecule has 0 saturated heterocycles. The van der Waals surface area contributed by atoms with Gasteiger partial charge in [-0.1, -0.05) is 30.3 Å². The Kier molecular flexibility index (Phi) is 6.45. The summed E-state index contributed by atoms with van der Waals surface area (Å²) < 4.78 is 5.12. The molecule has 0 radical (unpaired) electrons. The molecule has 0 aliphatic rings. The molecule has 1 aromatic carbocycles. The molecular formula is C18H21NO3. The lowest BCUT2D eigenvalue weighted by molar-refractivity contribution is -0.116. The third-order valence-electron chi connectivity index (χ3n) is 3.48. The van der Waals surface area contributed by atoms with Gasteiger partial charge in [0.2, 0.25) is 5.91 Å². The second-order valence-corrected chi connectivity index (χ2v) is 5.05. The predicted molar refractivity (Wildman–Crippen MR) is 86.3 cm³/mol. The quantitative estimate of drug-likeness (QED) is 0.737. The third-order valence-corrected chi connectivity index (χ3v) is 3.48. The summed E-state index contributed by atoms with van der Waals surface area (Å²) in [4.78, 5) is 11.7. The summed E-state index contributed by atoms with van der Waals surface area (Å²) in [5.74, 6) is 0.755. The molecular weight excluding hydrogens is 278 g/mol. The van der Waals surface area contributed by atoms with Gasteiger partial charge in [0.25, 0.3) is 0 Å². The molecule has 2 aromatic rings. The minimum absolute atomic E-state index is 0.145. The smallest absolute Gasteiger partial charge is 0.244 e. The summed E-state index contributed by atoms with van der Waals surface area (Å²) in [6.07, 6.45) is 6.16. The fourth-order valence-electron chi connectivity index (χ4n) is 2.33. The first-order chi connectivity index (χ1) is 10.8. The maximum Gasteiger partial charge on any atom is 0.244 e. The zero-order valence-corrected chi connectivity index (χ0v) is 12.4. The van der Waals surface area contributed by atoms with E-state index in [0.29, 0.717) is 18.7 Å². The van der Waals surface area contributed by atoms with Crippen molar-refractivity contribution in [1.29, 1.82) is 0 Å². The number of carbonyl (C=O) groups excluding carboxylic acids is 1. The fourth-order valence-corrected chi connectivity index (χ4v) is 2.33. The van der Waals surface area contributed by atoms with Crippen molar-refractivity contribution in [3.8, 4) is 0 Å². The summed E-state index contributed by atoms with van der Waals surface area (Å²) in [5, 5.41) is 12.0. The minimum atomic E-state index is -0.146. The lowest BCUT2D eigenvalue weighted by Crippen LogP contribution is -2.23. The Morgan fingerprint density at radius 1 is 1.18 bits per heavy atom. The van der Waals surface area contributed by atoms with Gasteiger partial charge in [0, 0.05) is 19.2 Å². The van der Waals surface area contributed by atoms with E-state index in [2.05, 4.69) is 17.4 Å². The Hall–Kier alpha value is -2.33. The summed E-state index contributed by atoms with van der Waals surface area (Å²) in [6, 6.07) is 13.6. The van der Waals surface area contributed by atoms with E-state index < -0.39 is 0 Å². The van der Waals surface area contributed by atoms with Crippen molar-refractivity contribution >= 4 is 12.0 Å². The average Bonchev–Trinajstić information content (AvgIpc) is 3.06. The van der Waals surface area contributed by atoms with Crippen LogP contribution < -0.4 is 5.32 Å². The molecule has 22 heavy (non-hydrogen) atoms. The molecule has 0 aliphatic heterocycles. The van der Waals surface area contributed by atoms with E-state index in [4.69, 9.17) is 4.42 Å². The van der Waals surface area contributed by atoms with Crippen LogP contribution in [0.1, 0.15) is 30.1 Å². The van der Waals surface area contributed by atoms with Crippen molar-refractivity contribution < 1.29 is 14.3 Å². The van der Waals surface area contributed by atoms with Gasteiger partial charge in [-0.2, -0.15) is 0 Å². The fraction of sp³-hybridized carbons (Fsp3) is 0.278. The number of carbonyl (C=O) groups is 1. The summed E-state index contributed by atoms with van der Waals surface area (Å²) in [7, 11) is 0. The first-order valence-corrected chi connectivity index (χ1v) is 7.45. The van der Waals surface area contributed by atoms with Crippen LogP contribution in [0.2, 0.25) is 0 Å². The molecule has 4 heteroatoms. The van der Waals surface area contributed by atoms with Crippen LogP contribution in [-0.2, 0) is 4.79 Å². The van der Waals surface area contributed by atoms with Crippen molar-refractivity contribution in [3.05, 3.63) is 66.1 Å². The number of benzene rings is 1. The number of rotatable bonds is 8. The molecule has 2 rings (SSSR count). The molecule has 0 bridgehead atoms. The molecule has 0 spiro atoms. The van der Waals surface area contributed by atoms with Gasteiger partial charge in [-0.25, -0.2) is 0 Å². The van der Waals surface area contributed by atoms with Crippen molar-refractivity contribution in [1.82, 2.24) is 5.32 Å². The van der Waals surface area contributed by atoms with E-state index in [1.165, 1.54) is 11.6 Å². The van der Waals surface area contributed by atoms with Crippen LogP contribution in [0, 0.1) is 0 Å². The Morgan fingerprint density at radius 2 is 2.00 bits per heavy atom. The lowest BCUT2D eigenvalue weighted by atomic mass is 9.93. The van der Waals surface area contributed by atoms with Crippen molar-refractivity contribution in [3.63, 3.8) is 0 Å². The van der Waals surface area contributed by atoms with E-state index >= 15 is 0 Å². The molecule has 1 aromatic heterocycles. The highest BCUT2D eigenvalue weighted by atomic mass is 16.3. The number of aliphatic hydroxyl groups is 1. The number of furan rings is 1. The maximum absolute atomic E-state index is 11.7. The first-order valence-electron chi connectivity index (χ1n) is 7.45. The number of hydrogen-bond acceptors (Lipinski definition) is 3. The lowest BCUT2D eigenvalue weighted by Gasteiger charge is -2.16. The number of nitrogens with one attached hydrogen (secondary N) is 1. The summed E-state index contributed by atoms with van der Waals surface area (Å²) >= 11 is 0. The van der Waals surface area contributed by atoms with E-state index in [9.17, 15) is 9.90 Å². The van der Waals surface area contributed by atoms with Gasteiger partial charge >= 0.3 is 0 Å². The summed E-state index contributed by atoms with van der Waals surface area (Å²) in [6.45, 7) is 0.715. The predicted octanol–water partition coefficient (Wildman–Crippen LogP) is 2.97. The van der Waals surface area contributed by atoms with Gasteiger partial charge in [-0.3, -0.25) is 4.79 Å². The zero-order chi connectivity index (χ0) is 15.6. The standard InChI is InChI=1S/C18H21NO3/c20-13-11-16(15-5-2-1-3-6-15)10-12-19-18(21)9-8-17-7-4-14-22-17/h1-9,14,16,20H,10-13H2,(H,19,21)/b9-8+. The second-order valence-electron chi connectivity index (χ2n) is 5.05. The largest absolute Gasteiger partial charge is 0.465 e. The number of hydrogen-bond donors (Lipinski definition) is 2. The molecule has 0 saturated carbocycles. The van der Waals surface area contributed by atoms with Gasteiger partial charge in [0.15, 0.2) is 0 Å². The van der Waals surface area contributed by atoms with Gasteiger partial charge < -0.3 is 14.8 Å². The van der Waals surface area contributed by atoms with Crippen molar-refractivity contribution in [2.45, 2.75) is 18.8 Å². The van der Waals surface area contributed by atoms with E-state index in [1.807, 2.05) is 18.2 Å². The van der Waals surface area contributed by atoms with Crippen LogP contribution in [0.4, 0.5) is 0 Å². The molecule has 1 unspecified atom stereocenters. The Morgan fingerprint density at radius 3 is 2.68 bits per heavy atom. The molecule has 1 heterocycles. The SMILES string of the molecule is O=C(/C=C/c1ccco1)NCCC(CCO)c1ccccc1. The van der Waals surface area contributed by atoms with Crippen LogP contribution in [0.15, 0.2) is 59.2 Å². The van der Waals surface area contributed by atoms with E-state index in [-0.39, 0.29) is 18.4 Å². The topological polar surface area (TPSA) is 62.5 Å². The zero-order valence-electron chi connectivity index (χ0n) is 12.4. The number of amides is 1. The monoisotopic (exact) mass is 299 g/mol. The third kappa shape index (κ3) is 5.22. The highest BCUT2D eigenvalue weighted by Gasteiger charge is 2.10. The van der Waals surface area contributed by atoms with Crippen LogP contribution in [0.3, 0.4) is 0 Å². The molecule has 2 N–H and O–H groups in total. The van der Waals surface area contributed by atoms with Gasteiger partial charge in [0.05, 0.1) is 6.26 Å². The molecule has 4 nitrogen and oxygen atoms in total. The Balaban J connectivity index is 1.79.